The van der Waals surface area contributed by atoms with Crippen LogP contribution in [-0.4, -0.2) is 44.0 Å². The van der Waals surface area contributed by atoms with Crippen molar-refractivity contribution in [3.8, 4) is 0 Å². The van der Waals surface area contributed by atoms with E-state index in [0.29, 0.717) is 0 Å². The maximum absolute atomic E-state index is 8.88. The Hall–Kier alpha value is 2.32. The second-order valence-electron chi connectivity index (χ2n) is 1.54. The van der Waals surface area contributed by atoms with Gasteiger partial charge in [0.25, 0.3) is 0 Å². The van der Waals surface area contributed by atoms with E-state index < -0.39 is 23.5 Å². The van der Waals surface area contributed by atoms with Crippen LogP contribution in [0.15, 0.2) is 0 Å². The molecule has 0 amide bonds. The number of hydrogen-bond acceptors (Lipinski definition) is 3. The Kier molecular flexibility index (Phi) is 32.3. The molecule has 12 nitrogen and oxygen atoms in total. The molecule has 0 aromatic carbocycles. The summed E-state index contributed by atoms with van der Waals surface area (Å²) in [5.74, 6) is 0. The topological polar surface area (TPSA) is 233 Å². The van der Waals surface area contributed by atoms with Gasteiger partial charge in [0.2, 0.25) is 0 Å². The van der Waals surface area contributed by atoms with Crippen molar-refractivity contribution in [1.29, 1.82) is 0 Å². The fourth-order valence-electron chi connectivity index (χ4n) is 0. The van der Waals surface area contributed by atoms with Crippen molar-refractivity contribution >= 4 is 23.5 Å². The average Bonchev–Trinajstić information content (AvgIpc) is 1.41. The second kappa shape index (κ2) is 15.7. The molecular formula is H9FeO12P3VZr. The summed E-state index contributed by atoms with van der Waals surface area (Å²) in [5.41, 5.74) is 0. The van der Waals surface area contributed by atoms with Crippen LogP contribution in [0.2, 0.25) is 0 Å². The van der Waals surface area contributed by atoms with Crippen LogP contribution in [0.25, 0.3) is 0 Å². The van der Waals surface area contributed by atoms with Gasteiger partial charge in [0, 0.05) is 61.8 Å². The van der Waals surface area contributed by atoms with E-state index in [1.807, 2.05) is 0 Å². The van der Waals surface area contributed by atoms with Gasteiger partial charge in [0.15, 0.2) is 0 Å². The smallest absolute Gasteiger partial charge is 0.303 e. The molecule has 0 aromatic heterocycles. The summed E-state index contributed by atoms with van der Waals surface area (Å²) in [6, 6.07) is 0. The summed E-state index contributed by atoms with van der Waals surface area (Å²) >= 11 is 0. The summed E-state index contributed by atoms with van der Waals surface area (Å²) in [6.07, 6.45) is 0. The van der Waals surface area contributed by atoms with Crippen LogP contribution in [0, 0.1) is 0 Å². The van der Waals surface area contributed by atoms with E-state index in [-0.39, 0.29) is 61.8 Å². The molecule has 9 N–H and O–H groups in total. The Morgan fingerprint density at radius 2 is 0.500 bits per heavy atom. The van der Waals surface area contributed by atoms with Gasteiger partial charge in [-0.25, -0.2) is 13.7 Å². The third kappa shape index (κ3) is 1020. The van der Waals surface area contributed by atoms with Crippen LogP contribution >= 0.6 is 23.5 Å². The molecule has 0 heterocycles. The Morgan fingerprint density at radius 1 is 0.500 bits per heavy atom. The zero-order valence-electron chi connectivity index (χ0n) is 7.89. The SMILES string of the molecule is O=P(O)(O)O.O=P(O)(O)O.O=P(O)(O)O.[Fe].[V].[Zr]. The zero-order valence-corrected chi connectivity index (χ0v) is 15.5. The Morgan fingerprint density at radius 3 is 0.500 bits per heavy atom. The molecule has 0 aromatic rings. The molecule has 18 heavy (non-hydrogen) atoms. The molecule has 0 aliphatic carbocycles. The quantitative estimate of drug-likeness (QED) is 0.123. The molecule has 0 aliphatic rings. The first kappa shape index (κ1) is 37.0. The Balaban J connectivity index is -0.0000000277. The molecule has 0 fully saturated rings. The van der Waals surface area contributed by atoms with Crippen molar-refractivity contribution < 1.29 is 120 Å². The fraction of sp³-hybridized carbons (Fsp3) is 0. The van der Waals surface area contributed by atoms with E-state index in [1.165, 1.54) is 0 Å². The van der Waals surface area contributed by atoms with Gasteiger partial charge in [0.05, 0.1) is 0 Å². The minimum absolute atomic E-state index is 0. The summed E-state index contributed by atoms with van der Waals surface area (Å²) in [7, 11) is -13.9. The molecule has 0 atom stereocenters. The molecule has 0 saturated heterocycles. The first-order chi connectivity index (χ1) is 6.00. The van der Waals surface area contributed by atoms with E-state index in [0.717, 1.165) is 0 Å². The molecule has 0 bridgehead atoms. The monoisotopic (exact) mass is 491 g/mol. The summed E-state index contributed by atoms with van der Waals surface area (Å²) in [6.45, 7) is 0. The predicted octanol–water partition coefficient (Wildman–Crippen LogP) is -2.79. The standard InChI is InChI=1S/Fe.3H3O4P.V.Zr/c;3*1-5(2,3)4;;/h;3*(H3,1,2,3,4);;. The van der Waals surface area contributed by atoms with Crippen molar-refractivity contribution in [3.05, 3.63) is 0 Å². The van der Waals surface area contributed by atoms with Crippen molar-refractivity contribution in [2.24, 2.45) is 0 Å². The van der Waals surface area contributed by atoms with E-state index >= 15 is 0 Å². The molecule has 0 rings (SSSR count). The third-order valence-electron chi connectivity index (χ3n) is 0. The normalized spacial score (nSPS) is 9.83. The Bertz CT molecular complexity index is 213. The summed E-state index contributed by atoms with van der Waals surface area (Å²) in [4.78, 5) is 64.7. The van der Waals surface area contributed by atoms with E-state index in [2.05, 4.69) is 0 Å². The molecule has 0 unspecified atom stereocenters. The predicted molar refractivity (Wildman–Crippen MR) is 42.8 cm³/mol. The molecule has 1 radical (unpaired) electrons. The number of rotatable bonds is 0. The average molecular weight is 492 g/mol. The van der Waals surface area contributed by atoms with Gasteiger partial charge in [-0.2, -0.15) is 0 Å². The molecule has 0 saturated carbocycles. The summed E-state index contributed by atoms with van der Waals surface area (Å²) in [5, 5.41) is 0. The van der Waals surface area contributed by atoms with Crippen LogP contribution in [0.1, 0.15) is 0 Å². The third-order valence-corrected chi connectivity index (χ3v) is 0. The fourth-order valence-corrected chi connectivity index (χ4v) is 0. The van der Waals surface area contributed by atoms with Crippen LogP contribution in [0.4, 0.5) is 0 Å². The van der Waals surface area contributed by atoms with Crippen LogP contribution in [0.5, 0.6) is 0 Å². The van der Waals surface area contributed by atoms with Crippen molar-refractivity contribution in [3.63, 3.8) is 0 Å². The molecule has 18 heteroatoms. The molecule has 0 aliphatic heterocycles. The summed E-state index contributed by atoms with van der Waals surface area (Å²) < 4.78 is 26.6. The largest absolute Gasteiger partial charge is 0.466 e. The van der Waals surface area contributed by atoms with Gasteiger partial charge in [-0.05, 0) is 0 Å². The maximum atomic E-state index is 8.88. The van der Waals surface area contributed by atoms with Crippen molar-refractivity contribution in [2.45, 2.75) is 0 Å². The number of hydrogen-bond donors (Lipinski definition) is 9. The minimum atomic E-state index is -4.64. The van der Waals surface area contributed by atoms with Gasteiger partial charge < -0.3 is 44.0 Å². The van der Waals surface area contributed by atoms with Gasteiger partial charge in [0.1, 0.15) is 0 Å². The molecule has 113 valence electrons. The molecular weight excluding hydrogens is 483 g/mol. The zero-order chi connectivity index (χ0) is 13.5. The van der Waals surface area contributed by atoms with Gasteiger partial charge in [-0.3, -0.25) is 0 Å². The van der Waals surface area contributed by atoms with Crippen LogP contribution in [-0.2, 0) is 75.5 Å². The van der Waals surface area contributed by atoms with Gasteiger partial charge in [-0.1, -0.05) is 0 Å². The van der Waals surface area contributed by atoms with Crippen LogP contribution < -0.4 is 0 Å². The van der Waals surface area contributed by atoms with E-state index in [1.54, 1.807) is 0 Å². The second-order valence-corrected chi connectivity index (χ2v) is 4.62. The van der Waals surface area contributed by atoms with E-state index in [4.69, 9.17) is 57.7 Å². The van der Waals surface area contributed by atoms with Gasteiger partial charge >= 0.3 is 23.5 Å². The first-order valence-corrected chi connectivity index (χ1v) is 7.04. The number of phosphoric acid groups is 3. The van der Waals surface area contributed by atoms with Crippen molar-refractivity contribution in [1.82, 2.24) is 0 Å². The molecule has 0 spiro atoms. The van der Waals surface area contributed by atoms with Gasteiger partial charge in [-0.15, -0.1) is 0 Å². The Labute approximate surface area is 142 Å². The van der Waals surface area contributed by atoms with Crippen molar-refractivity contribution in [2.75, 3.05) is 0 Å². The minimum Gasteiger partial charge on any atom is -0.303 e. The maximum Gasteiger partial charge on any atom is 0.466 e. The first-order valence-electron chi connectivity index (χ1n) is 2.35. The van der Waals surface area contributed by atoms with E-state index in [9.17, 15) is 0 Å². The van der Waals surface area contributed by atoms with Crippen LogP contribution in [0.3, 0.4) is 0 Å².